The summed E-state index contributed by atoms with van der Waals surface area (Å²) in [6, 6.07) is 13.3. The number of nitrogens with one attached hydrogen (secondary N) is 1. The molecule has 1 fully saturated rings. The monoisotopic (exact) mass is 334 g/mol. The van der Waals surface area contributed by atoms with Crippen molar-refractivity contribution in [3.05, 3.63) is 71.2 Å². The number of benzene rings is 2. The van der Waals surface area contributed by atoms with Crippen LogP contribution in [0.5, 0.6) is 0 Å². The number of piperidine rings is 1. The predicted octanol–water partition coefficient (Wildman–Crippen LogP) is 5.29. The summed E-state index contributed by atoms with van der Waals surface area (Å²) in [5.41, 5.74) is 4.32. The van der Waals surface area contributed by atoms with Gasteiger partial charge in [-0.15, -0.1) is 0 Å². The summed E-state index contributed by atoms with van der Waals surface area (Å²) in [5.74, 6) is 0.434. The van der Waals surface area contributed by atoms with E-state index in [4.69, 9.17) is 0 Å². The predicted molar refractivity (Wildman–Crippen MR) is 103 cm³/mol. The van der Waals surface area contributed by atoms with E-state index in [1.54, 1.807) is 12.1 Å². The van der Waals surface area contributed by atoms with Gasteiger partial charge in [-0.3, -0.25) is 0 Å². The van der Waals surface area contributed by atoms with Crippen molar-refractivity contribution in [1.29, 1.82) is 0 Å². The fourth-order valence-electron chi connectivity index (χ4n) is 3.72. The third-order valence-electron chi connectivity index (χ3n) is 5.26. The first-order valence-electron chi connectivity index (χ1n) is 8.93. The molecule has 2 heterocycles. The van der Waals surface area contributed by atoms with Crippen LogP contribution >= 0.6 is 0 Å². The molecular weight excluding hydrogens is 311 g/mol. The summed E-state index contributed by atoms with van der Waals surface area (Å²) in [5, 5.41) is 1.30. The van der Waals surface area contributed by atoms with Gasteiger partial charge in [-0.2, -0.15) is 0 Å². The lowest BCUT2D eigenvalue weighted by atomic mass is 9.89. The minimum atomic E-state index is -0.187. The summed E-state index contributed by atoms with van der Waals surface area (Å²) in [7, 11) is 2.19. The van der Waals surface area contributed by atoms with Crippen molar-refractivity contribution in [2.24, 2.45) is 0 Å². The number of likely N-dealkylation sites (tertiary alicyclic amines) is 1. The molecule has 0 spiro atoms. The summed E-state index contributed by atoms with van der Waals surface area (Å²) < 4.78 is 13.8. The van der Waals surface area contributed by atoms with Gasteiger partial charge in [-0.1, -0.05) is 36.4 Å². The number of hydrogen-bond donors (Lipinski definition) is 1. The molecule has 0 aliphatic carbocycles. The molecule has 2 nitrogen and oxygen atoms in total. The number of halogens is 1. The fraction of sp³-hybridized carbons (Fsp3) is 0.273. The number of nitrogens with zero attached hydrogens (tertiary/aromatic N) is 1. The molecule has 3 aromatic rings. The average Bonchev–Trinajstić information content (AvgIpc) is 3.05. The summed E-state index contributed by atoms with van der Waals surface area (Å²) in [4.78, 5) is 5.81. The van der Waals surface area contributed by atoms with Crippen LogP contribution in [-0.2, 0) is 0 Å². The first-order valence-corrected chi connectivity index (χ1v) is 8.93. The molecule has 4 rings (SSSR count). The van der Waals surface area contributed by atoms with Crippen molar-refractivity contribution < 1.29 is 4.39 Å². The average molecular weight is 334 g/mol. The van der Waals surface area contributed by atoms with E-state index < -0.39 is 0 Å². The molecule has 1 saturated heterocycles. The van der Waals surface area contributed by atoms with E-state index in [0.29, 0.717) is 11.5 Å². The molecule has 0 atom stereocenters. The van der Waals surface area contributed by atoms with E-state index >= 15 is 0 Å². The summed E-state index contributed by atoms with van der Waals surface area (Å²) >= 11 is 0. The maximum Gasteiger partial charge on any atom is 0.130 e. The zero-order valence-corrected chi connectivity index (χ0v) is 14.5. The second-order valence-electron chi connectivity index (χ2n) is 6.98. The summed E-state index contributed by atoms with van der Waals surface area (Å²) in [6.45, 7) is 2.31. The van der Waals surface area contributed by atoms with E-state index in [1.807, 2.05) is 18.2 Å². The minimum Gasteiger partial charge on any atom is -0.361 e. The van der Waals surface area contributed by atoms with Gasteiger partial charge in [0.05, 0.1) is 0 Å². The highest BCUT2D eigenvalue weighted by Crippen LogP contribution is 2.33. The molecular formula is C22H23FN2. The van der Waals surface area contributed by atoms with Gasteiger partial charge in [0.15, 0.2) is 0 Å². The molecule has 1 aliphatic rings. The molecule has 0 radical (unpaired) electrons. The highest BCUT2D eigenvalue weighted by molar-refractivity contribution is 5.87. The van der Waals surface area contributed by atoms with Crippen molar-refractivity contribution >= 4 is 23.1 Å². The maximum atomic E-state index is 13.8. The van der Waals surface area contributed by atoms with Gasteiger partial charge in [-0.25, -0.2) is 4.39 Å². The van der Waals surface area contributed by atoms with Crippen molar-refractivity contribution in [2.45, 2.75) is 18.8 Å². The van der Waals surface area contributed by atoms with Gasteiger partial charge in [0.1, 0.15) is 5.82 Å². The Morgan fingerprint density at radius 3 is 2.68 bits per heavy atom. The molecule has 2 aromatic carbocycles. The smallest absolute Gasteiger partial charge is 0.130 e. The Bertz CT molecular complexity index is 901. The van der Waals surface area contributed by atoms with Gasteiger partial charge < -0.3 is 9.88 Å². The Morgan fingerprint density at radius 2 is 1.88 bits per heavy atom. The molecule has 0 unspecified atom stereocenters. The van der Waals surface area contributed by atoms with Crippen LogP contribution in [0.4, 0.5) is 4.39 Å². The van der Waals surface area contributed by atoms with Crippen LogP contribution in [0.1, 0.15) is 35.4 Å². The van der Waals surface area contributed by atoms with Gasteiger partial charge in [0.25, 0.3) is 0 Å². The van der Waals surface area contributed by atoms with Crippen LogP contribution in [0.25, 0.3) is 23.1 Å². The number of fused-ring (bicyclic) bond motifs is 1. The van der Waals surface area contributed by atoms with Crippen molar-refractivity contribution in [3.8, 4) is 0 Å². The molecule has 25 heavy (non-hydrogen) atoms. The van der Waals surface area contributed by atoms with Crippen LogP contribution in [0, 0.1) is 5.82 Å². The molecule has 1 aliphatic heterocycles. The van der Waals surface area contributed by atoms with Gasteiger partial charge >= 0.3 is 0 Å². The Morgan fingerprint density at radius 1 is 1.08 bits per heavy atom. The Labute approximate surface area is 148 Å². The number of aromatic nitrogens is 1. The molecule has 0 bridgehead atoms. The molecule has 128 valence electrons. The molecule has 1 aromatic heterocycles. The van der Waals surface area contributed by atoms with Crippen molar-refractivity contribution in [2.75, 3.05) is 20.1 Å². The topological polar surface area (TPSA) is 19.0 Å². The largest absolute Gasteiger partial charge is 0.361 e. The van der Waals surface area contributed by atoms with E-state index in [9.17, 15) is 4.39 Å². The fourth-order valence-corrected chi connectivity index (χ4v) is 3.72. The molecule has 0 saturated carbocycles. The zero-order valence-electron chi connectivity index (χ0n) is 14.5. The molecule has 3 heteroatoms. The Hall–Kier alpha value is -2.39. The summed E-state index contributed by atoms with van der Waals surface area (Å²) in [6.07, 6.45) is 8.42. The van der Waals surface area contributed by atoms with Gasteiger partial charge in [0.2, 0.25) is 0 Å². The van der Waals surface area contributed by atoms with Crippen LogP contribution in [0.3, 0.4) is 0 Å². The lowest BCUT2D eigenvalue weighted by Crippen LogP contribution is -2.29. The third kappa shape index (κ3) is 3.38. The highest BCUT2D eigenvalue weighted by atomic mass is 19.1. The minimum absolute atomic E-state index is 0.187. The SMILES string of the molecule is CN1CCC(c2c[nH]c3ccc(/C=C/c4ccccc4F)cc23)CC1. The van der Waals surface area contributed by atoms with Gasteiger partial charge in [0, 0.05) is 22.7 Å². The number of rotatable bonds is 3. The second kappa shape index (κ2) is 6.85. The number of hydrogen-bond acceptors (Lipinski definition) is 1. The highest BCUT2D eigenvalue weighted by Gasteiger charge is 2.20. The standard InChI is InChI=1S/C22H23FN2/c1-25-12-10-17(11-13-25)20-15-24-22-9-7-16(14-19(20)22)6-8-18-4-2-3-5-21(18)23/h2-9,14-15,17,24H,10-13H2,1H3/b8-6+. The first-order chi connectivity index (χ1) is 12.2. The van der Waals surface area contributed by atoms with E-state index in [0.717, 1.165) is 18.7 Å². The van der Waals surface area contributed by atoms with Gasteiger partial charge in [-0.05, 0) is 68.2 Å². The molecule has 1 N–H and O–H groups in total. The van der Waals surface area contributed by atoms with Crippen LogP contribution in [-0.4, -0.2) is 30.0 Å². The van der Waals surface area contributed by atoms with Crippen molar-refractivity contribution in [1.82, 2.24) is 9.88 Å². The Kier molecular flexibility index (Phi) is 4.41. The third-order valence-corrected chi connectivity index (χ3v) is 5.26. The first kappa shape index (κ1) is 16.1. The van der Waals surface area contributed by atoms with Crippen LogP contribution in [0.15, 0.2) is 48.7 Å². The second-order valence-corrected chi connectivity index (χ2v) is 6.98. The quantitative estimate of drug-likeness (QED) is 0.645. The molecule has 0 amide bonds. The lowest BCUT2D eigenvalue weighted by molar-refractivity contribution is 0.256. The normalized spacial score (nSPS) is 16.9. The lowest BCUT2D eigenvalue weighted by Gasteiger charge is -2.28. The number of H-pyrrole nitrogens is 1. The van der Waals surface area contributed by atoms with E-state index in [1.165, 1.54) is 35.4 Å². The number of aromatic amines is 1. The van der Waals surface area contributed by atoms with Crippen molar-refractivity contribution in [3.63, 3.8) is 0 Å². The van der Waals surface area contributed by atoms with Crippen LogP contribution in [0.2, 0.25) is 0 Å². The van der Waals surface area contributed by atoms with E-state index in [2.05, 4.69) is 41.3 Å². The maximum absolute atomic E-state index is 13.8. The van der Waals surface area contributed by atoms with E-state index in [-0.39, 0.29) is 5.82 Å². The Balaban J connectivity index is 1.63. The van der Waals surface area contributed by atoms with Crippen LogP contribution < -0.4 is 0 Å². The zero-order chi connectivity index (χ0) is 17.2.